The van der Waals surface area contributed by atoms with Crippen molar-refractivity contribution in [3.63, 3.8) is 0 Å². The zero-order valence-corrected chi connectivity index (χ0v) is 11.7. The lowest BCUT2D eigenvalue weighted by atomic mass is 10.1. The number of hydrogen-bond acceptors (Lipinski definition) is 4. The highest BCUT2D eigenvalue weighted by Gasteiger charge is 2.22. The summed E-state index contributed by atoms with van der Waals surface area (Å²) in [6.07, 6.45) is 2.61. The van der Waals surface area contributed by atoms with E-state index in [0.717, 1.165) is 17.9 Å². The van der Waals surface area contributed by atoms with Crippen LogP contribution in [-0.4, -0.2) is 40.0 Å². The fourth-order valence-corrected chi connectivity index (χ4v) is 1.95. The predicted octanol–water partition coefficient (Wildman–Crippen LogP) is 2.15. The molecule has 0 aromatic heterocycles. The van der Waals surface area contributed by atoms with Gasteiger partial charge in [-0.25, -0.2) is 0 Å². The lowest BCUT2D eigenvalue weighted by molar-refractivity contribution is 0.0164. The highest BCUT2D eigenvalue weighted by atomic mass is 16.5. The summed E-state index contributed by atoms with van der Waals surface area (Å²) in [5, 5.41) is 3.51. The molecule has 106 valence electrons. The van der Waals surface area contributed by atoms with Crippen LogP contribution in [0.25, 0.3) is 0 Å². The highest BCUT2D eigenvalue weighted by Crippen LogP contribution is 2.24. The molecular weight excluding hydrogens is 242 g/mol. The van der Waals surface area contributed by atoms with Crippen molar-refractivity contribution in [1.29, 1.82) is 0 Å². The Morgan fingerprint density at radius 3 is 2.79 bits per heavy atom. The molecule has 2 rings (SSSR count). The maximum absolute atomic E-state index is 5.90. The van der Waals surface area contributed by atoms with E-state index in [1.807, 2.05) is 18.2 Å². The molecule has 1 saturated carbocycles. The number of benzene rings is 1. The molecule has 1 unspecified atom stereocenters. The normalized spacial score (nSPS) is 16.3. The zero-order chi connectivity index (χ0) is 13.5. The summed E-state index contributed by atoms with van der Waals surface area (Å²) in [7, 11) is 3.37. The standard InChI is InChI=1S/C15H23NO3/c1-17-8-9-19-15(11-16-13-6-7-13)12-4-3-5-14(10-12)18-2/h3-5,10,13,15-16H,6-9,11H2,1-2H3. The van der Waals surface area contributed by atoms with Gasteiger partial charge in [0.25, 0.3) is 0 Å². The Labute approximate surface area is 115 Å². The van der Waals surface area contributed by atoms with Gasteiger partial charge < -0.3 is 19.5 Å². The van der Waals surface area contributed by atoms with Gasteiger partial charge in [-0.2, -0.15) is 0 Å². The first-order chi connectivity index (χ1) is 9.33. The summed E-state index contributed by atoms with van der Waals surface area (Å²) in [6, 6.07) is 8.74. The molecule has 1 N–H and O–H groups in total. The van der Waals surface area contributed by atoms with E-state index in [0.29, 0.717) is 19.3 Å². The molecular formula is C15H23NO3. The molecule has 19 heavy (non-hydrogen) atoms. The summed E-state index contributed by atoms with van der Waals surface area (Å²) in [5.74, 6) is 0.865. The molecule has 0 heterocycles. The van der Waals surface area contributed by atoms with Crippen LogP contribution in [0, 0.1) is 0 Å². The van der Waals surface area contributed by atoms with Crippen molar-refractivity contribution in [1.82, 2.24) is 5.32 Å². The second kappa shape index (κ2) is 7.48. The van der Waals surface area contributed by atoms with Crippen LogP contribution in [-0.2, 0) is 9.47 Å². The van der Waals surface area contributed by atoms with E-state index in [2.05, 4.69) is 11.4 Å². The summed E-state index contributed by atoms with van der Waals surface area (Å²) in [4.78, 5) is 0. The van der Waals surface area contributed by atoms with Crippen molar-refractivity contribution in [2.75, 3.05) is 34.0 Å². The van der Waals surface area contributed by atoms with Crippen LogP contribution < -0.4 is 10.1 Å². The third-order valence-electron chi connectivity index (χ3n) is 3.24. The van der Waals surface area contributed by atoms with Crippen LogP contribution in [0.3, 0.4) is 0 Å². The summed E-state index contributed by atoms with van der Waals surface area (Å²) in [5.41, 5.74) is 1.14. The molecule has 0 radical (unpaired) electrons. The Kier molecular flexibility index (Phi) is 5.63. The van der Waals surface area contributed by atoms with E-state index in [1.165, 1.54) is 12.8 Å². The molecule has 1 aliphatic rings. The molecule has 1 aliphatic carbocycles. The van der Waals surface area contributed by atoms with Crippen molar-refractivity contribution in [3.05, 3.63) is 29.8 Å². The fourth-order valence-electron chi connectivity index (χ4n) is 1.95. The van der Waals surface area contributed by atoms with Crippen LogP contribution in [0.4, 0.5) is 0 Å². The van der Waals surface area contributed by atoms with Gasteiger partial charge in [0, 0.05) is 19.7 Å². The van der Waals surface area contributed by atoms with E-state index >= 15 is 0 Å². The van der Waals surface area contributed by atoms with E-state index in [4.69, 9.17) is 14.2 Å². The first-order valence-corrected chi connectivity index (χ1v) is 6.81. The zero-order valence-electron chi connectivity index (χ0n) is 11.7. The number of ether oxygens (including phenoxy) is 3. The maximum Gasteiger partial charge on any atom is 0.119 e. The maximum atomic E-state index is 5.90. The molecule has 0 aliphatic heterocycles. The van der Waals surface area contributed by atoms with E-state index in [1.54, 1.807) is 14.2 Å². The number of rotatable bonds is 9. The summed E-state index contributed by atoms with van der Waals surface area (Å²) < 4.78 is 16.2. The van der Waals surface area contributed by atoms with Crippen LogP contribution in [0.5, 0.6) is 5.75 Å². The lowest BCUT2D eigenvalue weighted by Gasteiger charge is -2.19. The van der Waals surface area contributed by atoms with Crippen molar-refractivity contribution >= 4 is 0 Å². The van der Waals surface area contributed by atoms with Crippen molar-refractivity contribution < 1.29 is 14.2 Å². The van der Waals surface area contributed by atoms with E-state index in [9.17, 15) is 0 Å². The molecule has 1 fully saturated rings. The lowest BCUT2D eigenvalue weighted by Crippen LogP contribution is -2.26. The Balaban J connectivity index is 1.95. The van der Waals surface area contributed by atoms with Gasteiger partial charge in [0.1, 0.15) is 5.75 Å². The Morgan fingerprint density at radius 1 is 1.26 bits per heavy atom. The Morgan fingerprint density at radius 2 is 2.11 bits per heavy atom. The molecule has 4 heteroatoms. The first-order valence-electron chi connectivity index (χ1n) is 6.81. The molecule has 1 atom stereocenters. The number of nitrogens with one attached hydrogen (secondary N) is 1. The minimum absolute atomic E-state index is 0.0471. The van der Waals surface area contributed by atoms with Gasteiger partial charge in [-0.3, -0.25) is 0 Å². The molecule has 1 aromatic carbocycles. The quantitative estimate of drug-likeness (QED) is 0.695. The topological polar surface area (TPSA) is 39.7 Å². The first kappa shape index (κ1) is 14.3. The van der Waals surface area contributed by atoms with E-state index < -0.39 is 0 Å². The second-order valence-electron chi connectivity index (χ2n) is 4.81. The summed E-state index contributed by atoms with van der Waals surface area (Å²) >= 11 is 0. The summed E-state index contributed by atoms with van der Waals surface area (Å²) in [6.45, 7) is 2.05. The molecule has 4 nitrogen and oxygen atoms in total. The van der Waals surface area contributed by atoms with Crippen LogP contribution in [0.1, 0.15) is 24.5 Å². The predicted molar refractivity (Wildman–Crippen MR) is 74.6 cm³/mol. The molecule has 0 bridgehead atoms. The van der Waals surface area contributed by atoms with Crippen molar-refractivity contribution in [2.24, 2.45) is 0 Å². The monoisotopic (exact) mass is 265 g/mol. The smallest absolute Gasteiger partial charge is 0.119 e. The Bertz CT molecular complexity index is 379. The van der Waals surface area contributed by atoms with Crippen molar-refractivity contribution in [3.8, 4) is 5.75 Å². The van der Waals surface area contributed by atoms with Crippen LogP contribution in [0.2, 0.25) is 0 Å². The Hall–Kier alpha value is -1.10. The van der Waals surface area contributed by atoms with E-state index in [-0.39, 0.29) is 6.10 Å². The third kappa shape index (κ3) is 4.82. The minimum atomic E-state index is 0.0471. The largest absolute Gasteiger partial charge is 0.497 e. The van der Waals surface area contributed by atoms with Gasteiger partial charge in [0.05, 0.1) is 26.4 Å². The molecule has 0 spiro atoms. The van der Waals surface area contributed by atoms with Gasteiger partial charge in [0.2, 0.25) is 0 Å². The van der Waals surface area contributed by atoms with Gasteiger partial charge in [-0.15, -0.1) is 0 Å². The third-order valence-corrected chi connectivity index (χ3v) is 3.24. The number of methoxy groups -OCH3 is 2. The average molecular weight is 265 g/mol. The van der Waals surface area contributed by atoms with Gasteiger partial charge in [-0.05, 0) is 30.5 Å². The second-order valence-corrected chi connectivity index (χ2v) is 4.81. The minimum Gasteiger partial charge on any atom is -0.497 e. The van der Waals surface area contributed by atoms with Gasteiger partial charge in [0.15, 0.2) is 0 Å². The molecule has 1 aromatic rings. The van der Waals surface area contributed by atoms with Crippen molar-refractivity contribution in [2.45, 2.75) is 25.0 Å². The van der Waals surface area contributed by atoms with Crippen LogP contribution in [0.15, 0.2) is 24.3 Å². The van der Waals surface area contributed by atoms with Gasteiger partial charge in [-0.1, -0.05) is 12.1 Å². The highest BCUT2D eigenvalue weighted by molar-refractivity contribution is 5.30. The number of hydrogen-bond donors (Lipinski definition) is 1. The average Bonchev–Trinajstić information content (AvgIpc) is 3.27. The molecule has 0 saturated heterocycles. The van der Waals surface area contributed by atoms with Gasteiger partial charge >= 0.3 is 0 Å². The molecule has 0 amide bonds. The fraction of sp³-hybridized carbons (Fsp3) is 0.600. The SMILES string of the molecule is COCCOC(CNC1CC1)c1cccc(OC)c1. The van der Waals surface area contributed by atoms with Crippen LogP contribution >= 0.6 is 0 Å².